The summed E-state index contributed by atoms with van der Waals surface area (Å²) in [6.45, 7) is 0. The molecule has 1 aliphatic rings. The summed E-state index contributed by atoms with van der Waals surface area (Å²) in [5, 5.41) is 2.22. The molecule has 0 spiro atoms. The molecule has 11 rings (SSSR count). The van der Waals surface area contributed by atoms with Gasteiger partial charge >= 0.3 is 0 Å². The summed E-state index contributed by atoms with van der Waals surface area (Å²) < 4.78 is 6.33. The van der Waals surface area contributed by atoms with E-state index in [0.717, 1.165) is 61.3 Å². The van der Waals surface area contributed by atoms with E-state index in [9.17, 15) is 0 Å². The Labute approximate surface area is 332 Å². The van der Waals surface area contributed by atoms with E-state index in [-0.39, 0.29) is 0 Å². The molecular formula is C55H37NO. The highest BCUT2D eigenvalue weighted by atomic mass is 16.3. The summed E-state index contributed by atoms with van der Waals surface area (Å²) >= 11 is 0. The summed E-state index contributed by atoms with van der Waals surface area (Å²) in [5.74, 6) is 0. The molecule has 57 heavy (non-hydrogen) atoms. The highest BCUT2D eigenvalue weighted by Gasteiger charge is 2.46. The SMILES string of the molecule is c1ccc(-c2cccc(N(c3ccccc3)c3ccc4c(c3)C(c3ccccc3)(c3ccccc3)c3ccccc3-4)c2-c2ccc3oc4ccccc4c3c2)cc1. The van der Waals surface area contributed by atoms with E-state index in [1.165, 1.54) is 33.4 Å². The van der Waals surface area contributed by atoms with Gasteiger partial charge in [0.15, 0.2) is 0 Å². The van der Waals surface area contributed by atoms with Crippen molar-refractivity contribution in [2.45, 2.75) is 5.41 Å². The van der Waals surface area contributed by atoms with Crippen molar-refractivity contribution in [3.63, 3.8) is 0 Å². The fourth-order valence-corrected chi connectivity index (χ4v) is 9.35. The number of hydrogen-bond donors (Lipinski definition) is 0. The molecule has 9 aromatic carbocycles. The quantitative estimate of drug-likeness (QED) is 0.163. The Bertz CT molecular complexity index is 3020. The molecule has 0 amide bonds. The largest absolute Gasteiger partial charge is 0.456 e. The van der Waals surface area contributed by atoms with Crippen LogP contribution in [0.4, 0.5) is 17.1 Å². The van der Waals surface area contributed by atoms with Crippen molar-refractivity contribution in [1.29, 1.82) is 0 Å². The summed E-state index contributed by atoms with van der Waals surface area (Å²) in [4.78, 5) is 2.45. The minimum Gasteiger partial charge on any atom is -0.456 e. The van der Waals surface area contributed by atoms with Crippen molar-refractivity contribution in [3.05, 3.63) is 247 Å². The van der Waals surface area contributed by atoms with Crippen molar-refractivity contribution in [2.24, 2.45) is 0 Å². The van der Waals surface area contributed by atoms with Crippen molar-refractivity contribution >= 4 is 39.0 Å². The molecule has 1 aliphatic carbocycles. The van der Waals surface area contributed by atoms with E-state index >= 15 is 0 Å². The number of hydrogen-bond acceptors (Lipinski definition) is 2. The van der Waals surface area contributed by atoms with Crippen LogP contribution in [0.5, 0.6) is 0 Å². The van der Waals surface area contributed by atoms with Crippen LogP contribution in [0, 0.1) is 0 Å². The van der Waals surface area contributed by atoms with Gasteiger partial charge in [-0.3, -0.25) is 0 Å². The Hall–Kier alpha value is -7.42. The lowest BCUT2D eigenvalue weighted by molar-refractivity contribution is 0.669. The average molecular weight is 728 g/mol. The first kappa shape index (κ1) is 33.0. The first-order chi connectivity index (χ1) is 28.3. The minimum absolute atomic E-state index is 0.519. The van der Waals surface area contributed by atoms with E-state index < -0.39 is 5.41 Å². The van der Waals surface area contributed by atoms with E-state index in [1.54, 1.807) is 0 Å². The molecule has 0 fully saturated rings. The summed E-state index contributed by atoms with van der Waals surface area (Å²) in [7, 11) is 0. The zero-order chi connectivity index (χ0) is 37.8. The Morgan fingerprint density at radius 3 is 1.70 bits per heavy atom. The smallest absolute Gasteiger partial charge is 0.135 e. The molecule has 0 bridgehead atoms. The lowest BCUT2D eigenvalue weighted by Gasteiger charge is -2.35. The zero-order valence-electron chi connectivity index (χ0n) is 31.2. The maximum Gasteiger partial charge on any atom is 0.135 e. The molecule has 2 nitrogen and oxygen atoms in total. The first-order valence-electron chi connectivity index (χ1n) is 19.6. The van der Waals surface area contributed by atoms with Gasteiger partial charge in [0, 0.05) is 27.7 Å². The van der Waals surface area contributed by atoms with Crippen molar-refractivity contribution in [1.82, 2.24) is 0 Å². The number of nitrogens with zero attached hydrogens (tertiary/aromatic N) is 1. The van der Waals surface area contributed by atoms with E-state index in [4.69, 9.17) is 4.42 Å². The van der Waals surface area contributed by atoms with Gasteiger partial charge in [0.25, 0.3) is 0 Å². The molecule has 0 atom stereocenters. The van der Waals surface area contributed by atoms with Gasteiger partial charge in [-0.25, -0.2) is 0 Å². The third-order valence-corrected chi connectivity index (χ3v) is 11.7. The maximum atomic E-state index is 6.33. The van der Waals surface area contributed by atoms with Crippen molar-refractivity contribution in [2.75, 3.05) is 4.90 Å². The molecule has 0 aliphatic heterocycles. The molecule has 2 heteroatoms. The number of para-hydroxylation sites is 2. The van der Waals surface area contributed by atoms with Crippen LogP contribution in [0.2, 0.25) is 0 Å². The molecule has 1 aromatic heterocycles. The highest BCUT2D eigenvalue weighted by molar-refractivity contribution is 6.08. The molecule has 1 heterocycles. The van der Waals surface area contributed by atoms with Crippen LogP contribution in [0.3, 0.4) is 0 Å². The van der Waals surface area contributed by atoms with Gasteiger partial charge in [-0.05, 0) is 98.6 Å². The lowest BCUT2D eigenvalue weighted by Crippen LogP contribution is -2.28. The third-order valence-electron chi connectivity index (χ3n) is 11.7. The van der Waals surface area contributed by atoms with Gasteiger partial charge in [-0.15, -0.1) is 0 Å². The second kappa shape index (κ2) is 13.4. The van der Waals surface area contributed by atoms with Gasteiger partial charge in [0.2, 0.25) is 0 Å². The Balaban J connectivity index is 1.21. The maximum absolute atomic E-state index is 6.33. The van der Waals surface area contributed by atoms with Crippen molar-refractivity contribution in [3.8, 4) is 33.4 Å². The third kappa shape index (κ3) is 5.18. The lowest BCUT2D eigenvalue weighted by atomic mass is 9.67. The summed E-state index contributed by atoms with van der Waals surface area (Å²) in [5.41, 5.74) is 16.7. The number of fused-ring (bicyclic) bond motifs is 6. The zero-order valence-corrected chi connectivity index (χ0v) is 31.2. The van der Waals surface area contributed by atoms with Crippen LogP contribution in [0.25, 0.3) is 55.3 Å². The van der Waals surface area contributed by atoms with Gasteiger partial charge < -0.3 is 9.32 Å². The number of benzene rings is 9. The Morgan fingerprint density at radius 1 is 0.351 bits per heavy atom. The second-order valence-corrected chi connectivity index (χ2v) is 14.8. The minimum atomic E-state index is -0.519. The molecular weight excluding hydrogens is 691 g/mol. The van der Waals surface area contributed by atoms with Crippen molar-refractivity contribution < 1.29 is 4.42 Å². The number of furan rings is 1. The Morgan fingerprint density at radius 2 is 0.947 bits per heavy atom. The fraction of sp³-hybridized carbons (Fsp3) is 0.0182. The van der Waals surface area contributed by atoms with Crippen LogP contribution in [-0.2, 0) is 5.41 Å². The molecule has 0 radical (unpaired) electrons. The topological polar surface area (TPSA) is 16.4 Å². The highest BCUT2D eigenvalue weighted by Crippen LogP contribution is 2.57. The molecule has 0 N–H and O–H groups in total. The number of rotatable bonds is 7. The standard InChI is InChI=1S/C55H37NO/c1-5-18-38(19-6-1)44-28-17-30-51(54(44)39-32-35-53-48(36-39)47-27-14-16-31-52(47)57-53)56(42-24-11-4-12-25-42)43-33-34-46-45-26-13-15-29-49(45)55(50(46)37-43,40-20-7-2-8-21-40)41-22-9-3-10-23-41/h1-37H. The predicted octanol–water partition coefficient (Wildman–Crippen LogP) is 14.8. The van der Waals surface area contributed by atoms with Gasteiger partial charge in [0.05, 0.1) is 11.1 Å². The van der Waals surface area contributed by atoms with Gasteiger partial charge in [-0.2, -0.15) is 0 Å². The monoisotopic (exact) mass is 727 g/mol. The molecule has 0 saturated heterocycles. The summed E-state index contributed by atoms with van der Waals surface area (Å²) in [6.07, 6.45) is 0. The van der Waals surface area contributed by atoms with Crippen LogP contribution >= 0.6 is 0 Å². The van der Waals surface area contributed by atoms with E-state index in [1.807, 2.05) is 12.1 Å². The van der Waals surface area contributed by atoms with Gasteiger partial charge in [-0.1, -0.05) is 176 Å². The Kier molecular flexibility index (Phi) is 7.75. The molecule has 268 valence electrons. The molecule has 0 saturated carbocycles. The second-order valence-electron chi connectivity index (χ2n) is 14.8. The predicted molar refractivity (Wildman–Crippen MR) is 237 cm³/mol. The average Bonchev–Trinajstić information content (AvgIpc) is 3.81. The van der Waals surface area contributed by atoms with E-state index in [2.05, 4.69) is 217 Å². The molecule has 0 unspecified atom stereocenters. The van der Waals surface area contributed by atoms with Crippen LogP contribution < -0.4 is 4.90 Å². The first-order valence-corrected chi connectivity index (χ1v) is 19.6. The fourth-order valence-electron chi connectivity index (χ4n) is 9.35. The number of anilines is 3. The van der Waals surface area contributed by atoms with Crippen LogP contribution in [-0.4, -0.2) is 0 Å². The molecule has 10 aromatic rings. The van der Waals surface area contributed by atoms with Crippen LogP contribution in [0.1, 0.15) is 22.3 Å². The van der Waals surface area contributed by atoms with Gasteiger partial charge in [0.1, 0.15) is 11.2 Å². The summed E-state index contributed by atoms with van der Waals surface area (Å²) in [6, 6.07) is 81.4. The normalized spacial score (nSPS) is 12.7. The van der Waals surface area contributed by atoms with E-state index in [0.29, 0.717) is 0 Å². The van der Waals surface area contributed by atoms with Crippen LogP contribution in [0.15, 0.2) is 229 Å².